The fourth-order valence-electron chi connectivity index (χ4n) is 2.04. The Bertz CT molecular complexity index is 730. The van der Waals surface area contributed by atoms with E-state index in [-0.39, 0.29) is 6.04 Å². The molecule has 1 amide bonds. The lowest BCUT2D eigenvalue weighted by molar-refractivity contribution is -0.123. The summed E-state index contributed by atoms with van der Waals surface area (Å²) in [6.07, 6.45) is 4.09. The van der Waals surface area contributed by atoms with Crippen LogP contribution in [0.5, 0.6) is 0 Å². The molecule has 0 saturated carbocycles. The standard InChI is InChI=1S/C16H20N4O3S/c1-10(2)20-13(7-9-18-20)19-14(21)11(3)23-16(22)12-6-5-8-17-15(12)24-4/h5-11H,1-4H3,(H,19,21)/t11-/m0/s1. The smallest absolute Gasteiger partial charge is 0.341 e. The summed E-state index contributed by atoms with van der Waals surface area (Å²) in [6, 6.07) is 5.08. The first-order valence-electron chi connectivity index (χ1n) is 7.48. The molecule has 2 heterocycles. The van der Waals surface area contributed by atoms with Crippen molar-refractivity contribution < 1.29 is 14.3 Å². The molecule has 0 aliphatic carbocycles. The highest BCUT2D eigenvalue weighted by molar-refractivity contribution is 7.98. The molecule has 0 aromatic carbocycles. The zero-order chi connectivity index (χ0) is 17.7. The highest BCUT2D eigenvalue weighted by Gasteiger charge is 2.22. The monoisotopic (exact) mass is 348 g/mol. The molecule has 24 heavy (non-hydrogen) atoms. The molecular formula is C16H20N4O3S. The van der Waals surface area contributed by atoms with Crippen LogP contribution in [0.2, 0.25) is 0 Å². The third-order valence-corrected chi connectivity index (χ3v) is 3.96. The van der Waals surface area contributed by atoms with Crippen LogP contribution in [0, 0.1) is 0 Å². The topological polar surface area (TPSA) is 86.1 Å². The first-order chi connectivity index (χ1) is 11.4. The molecule has 128 valence electrons. The Kier molecular flexibility index (Phi) is 5.97. The normalized spacial score (nSPS) is 12.0. The number of anilines is 1. The fraction of sp³-hybridized carbons (Fsp3) is 0.375. The lowest BCUT2D eigenvalue weighted by Gasteiger charge is -2.16. The minimum Gasteiger partial charge on any atom is -0.449 e. The van der Waals surface area contributed by atoms with E-state index in [1.165, 1.54) is 18.7 Å². The number of carbonyl (C=O) groups is 2. The Morgan fingerprint density at radius 1 is 1.25 bits per heavy atom. The summed E-state index contributed by atoms with van der Waals surface area (Å²) in [6.45, 7) is 5.44. The number of rotatable bonds is 6. The van der Waals surface area contributed by atoms with Gasteiger partial charge in [-0.2, -0.15) is 5.10 Å². The quantitative estimate of drug-likeness (QED) is 0.638. The van der Waals surface area contributed by atoms with Gasteiger partial charge in [0.15, 0.2) is 6.10 Å². The van der Waals surface area contributed by atoms with Crippen LogP contribution in [-0.2, 0) is 9.53 Å². The number of pyridine rings is 1. The van der Waals surface area contributed by atoms with E-state index in [1.807, 2.05) is 20.1 Å². The van der Waals surface area contributed by atoms with Gasteiger partial charge in [-0.25, -0.2) is 14.5 Å². The number of hydrogen-bond acceptors (Lipinski definition) is 6. The lowest BCUT2D eigenvalue weighted by atomic mass is 10.3. The molecule has 0 radical (unpaired) electrons. The molecule has 0 spiro atoms. The van der Waals surface area contributed by atoms with Crippen molar-refractivity contribution in [3.63, 3.8) is 0 Å². The van der Waals surface area contributed by atoms with Gasteiger partial charge in [0.25, 0.3) is 5.91 Å². The van der Waals surface area contributed by atoms with Crippen LogP contribution in [0.15, 0.2) is 35.6 Å². The number of ether oxygens (including phenoxy) is 1. The second-order valence-electron chi connectivity index (χ2n) is 5.35. The molecule has 0 aliphatic heterocycles. The van der Waals surface area contributed by atoms with E-state index in [1.54, 1.807) is 35.3 Å². The van der Waals surface area contributed by atoms with Gasteiger partial charge in [0.05, 0.1) is 11.8 Å². The highest BCUT2D eigenvalue weighted by Crippen LogP contribution is 2.19. The van der Waals surface area contributed by atoms with E-state index in [9.17, 15) is 9.59 Å². The molecule has 1 N–H and O–H groups in total. The second kappa shape index (κ2) is 7.96. The molecule has 2 aromatic heterocycles. The van der Waals surface area contributed by atoms with E-state index in [4.69, 9.17) is 4.74 Å². The summed E-state index contributed by atoms with van der Waals surface area (Å²) in [5, 5.41) is 7.43. The minimum atomic E-state index is -0.942. The third-order valence-electron chi connectivity index (χ3n) is 3.25. The summed E-state index contributed by atoms with van der Waals surface area (Å²) < 4.78 is 6.94. The fourth-order valence-corrected chi connectivity index (χ4v) is 2.58. The average molecular weight is 348 g/mol. The van der Waals surface area contributed by atoms with Crippen molar-refractivity contribution in [2.45, 2.75) is 37.9 Å². The summed E-state index contributed by atoms with van der Waals surface area (Å²) in [4.78, 5) is 28.6. The Labute approximate surface area is 144 Å². The summed E-state index contributed by atoms with van der Waals surface area (Å²) in [7, 11) is 0. The first kappa shape index (κ1) is 18.0. The van der Waals surface area contributed by atoms with Gasteiger partial charge >= 0.3 is 5.97 Å². The van der Waals surface area contributed by atoms with Gasteiger partial charge in [-0.3, -0.25) is 4.79 Å². The molecule has 0 saturated heterocycles. The number of thioether (sulfide) groups is 1. The Hall–Kier alpha value is -2.35. The SMILES string of the molecule is CSc1ncccc1C(=O)O[C@@H](C)C(=O)Nc1ccnn1C(C)C. The highest BCUT2D eigenvalue weighted by atomic mass is 32.2. The van der Waals surface area contributed by atoms with E-state index in [2.05, 4.69) is 15.4 Å². The van der Waals surface area contributed by atoms with Crippen molar-refractivity contribution >= 4 is 29.5 Å². The summed E-state index contributed by atoms with van der Waals surface area (Å²) >= 11 is 1.34. The van der Waals surface area contributed by atoms with Gasteiger partial charge in [0.1, 0.15) is 10.8 Å². The van der Waals surface area contributed by atoms with Gasteiger partial charge in [0.2, 0.25) is 0 Å². The van der Waals surface area contributed by atoms with Gasteiger partial charge in [-0.1, -0.05) is 0 Å². The van der Waals surface area contributed by atoms with Crippen LogP contribution < -0.4 is 5.32 Å². The molecule has 0 unspecified atom stereocenters. The van der Waals surface area contributed by atoms with Crippen LogP contribution in [0.25, 0.3) is 0 Å². The largest absolute Gasteiger partial charge is 0.449 e. The van der Waals surface area contributed by atoms with Gasteiger partial charge < -0.3 is 10.1 Å². The minimum absolute atomic E-state index is 0.104. The van der Waals surface area contributed by atoms with Crippen LogP contribution in [0.4, 0.5) is 5.82 Å². The predicted octanol–water partition coefficient (Wildman–Crippen LogP) is 2.76. The van der Waals surface area contributed by atoms with Crippen LogP contribution in [0.3, 0.4) is 0 Å². The molecular weight excluding hydrogens is 328 g/mol. The van der Waals surface area contributed by atoms with Crippen LogP contribution in [0.1, 0.15) is 37.2 Å². The number of hydrogen-bond donors (Lipinski definition) is 1. The lowest BCUT2D eigenvalue weighted by Crippen LogP contribution is -2.31. The molecule has 8 heteroatoms. The number of carbonyl (C=O) groups excluding carboxylic acids is 2. The zero-order valence-corrected chi connectivity index (χ0v) is 14.8. The molecule has 2 rings (SSSR count). The third kappa shape index (κ3) is 4.14. The van der Waals surface area contributed by atoms with Crippen molar-refractivity contribution in [2.24, 2.45) is 0 Å². The maximum Gasteiger partial charge on any atom is 0.341 e. The molecule has 7 nitrogen and oxygen atoms in total. The Balaban J connectivity index is 2.03. The predicted molar refractivity (Wildman–Crippen MR) is 92.1 cm³/mol. The summed E-state index contributed by atoms with van der Waals surface area (Å²) in [5.74, 6) is -0.433. The molecule has 0 bridgehead atoms. The van der Waals surface area contributed by atoms with Gasteiger partial charge in [0, 0.05) is 18.3 Å². The summed E-state index contributed by atoms with van der Waals surface area (Å²) in [5.41, 5.74) is 0.344. The van der Waals surface area contributed by atoms with Crippen molar-refractivity contribution in [2.75, 3.05) is 11.6 Å². The van der Waals surface area contributed by atoms with Crippen molar-refractivity contribution in [1.82, 2.24) is 14.8 Å². The number of nitrogens with one attached hydrogen (secondary N) is 1. The van der Waals surface area contributed by atoms with E-state index in [0.717, 1.165) is 0 Å². The number of amides is 1. The number of aromatic nitrogens is 3. The maximum absolute atomic E-state index is 12.3. The van der Waals surface area contributed by atoms with Crippen LogP contribution in [-0.4, -0.2) is 39.0 Å². The Morgan fingerprint density at radius 3 is 2.67 bits per heavy atom. The first-order valence-corrected chi connectivity index (χ1v) is 8.71. The average Bonchev–Trinajstić information content (AvgIpc) is 3.02. The van der Waals surface area contributed by atoms with Gasteiger partial charge in [-0.05, 0) is 39.2 Å². The van der Waals surface area contributed by atoms with E-state index >= 15 is 0 Å². The number of nitrogens with zero attached hydrogens (tertiary/aromatic N) is 3. The van der Waals surface area contributed by atoms with Gasteiger partial charge in [-0.15, -0.1) is 11.8 Å². The second-order valence-corrected chi connectivity index (χ2v) is 6.15. The molecule has 0 aliphatic rings. The molecule has 0 fully saturated rings. The zero-order valence-electron chi connectivity index (χ0n) is 14.0. The number of esters is 1. The van der Waals surface area contributed by atoms with Crippen molar-refractivity contribution in [1.29, 1.82) is 0 Å². The van der Waals surface area contributed by atoms with Crippen molar-refractivity contribution in [3.05, 3.63) is 36.2 Å². The molecule has 2 aromatic rings. The van der Waals surface area contributed by atoms with Crippen LogP contribution >= 0.6 is 11.8 Å². The Morgan fingerprint density at radius 2 is 2.00 bits per heavy atom. The van der Waals surface area contributed by atoms with Crippen molar-refractivity contribution in [3.8, 4) is 0 Å². The maximum atomic E-state index is 12.3. The van der Waals surface area contributed by atoms with E-state index < -0.39 is 18.0 Å². The molecule has 1 atom stereocenters. The van der Waals surface area contributed by atoms with E-state index in [0.29, 0.717) is 16.4 Å².